The van der Waals surface area contributed by atoms with E-state index in [1.807, 2.05) is 36.6 Å². The average molecular weight is 343 g/mol. The molecule has 0 aliphatic heterocycles. The monoisotopic (exact) mass is 343 g/mol. The second kappa shape index (κ2) is 7.57. The van der Waals surface area contributed by atoms with Gasteiger partial charge in [-0.15, -0.1) is 11.3 Å². The second-order valence-electron chi connectivity index (χ2n) is 5.10. The summed E-state index contributed by atoms with van der Waals surface area (Å²) in [5, 5.41) is 6.68. The Morgan fingerprint density at radius 2 is 2.09 bits per heavy atom. The number of amides is 1. The van der Waals surface area contributed by atoms with Gasteiger partial charge in [-0.05, 0) is 30.4 Å². The molecular formula is C17H17N3OS2. The Bertz CT molecular complexity index is 789. The lowest BCUT2D eigenvalue weighted by molar-refractivity contribution is -0.120. The standard InChI is InChI=1S/C17H17N3OS2/c1-12(15(21)18-9-7-13-5-3-2-4-6-13)23-17-14-8-10-22-16(14)19-11-20-17/h2-6,8,10-12H,7,9H2,1H3,(H,18,21)/t12-/m0/s1. The van der Waals surface area contributed by atoms with Gasteiger partial charge in [-0.2, -0.15) is 0 Å². The molecule has 0 aliphatic carbocycles. The first-order valence-electron chi connectivity index (χ1n) is 7.40. The topological polar surface area (TPSA) is 54.9 Å². The van der Waals surface area contributed by atoms with Gasteiger partial charge in [0.2, 0.25) is 5.91 Å². The lowest BCUT2D eigenvalue weighted by Crippen LogP contribution is -2.32. The number of hydrogen-bond donors (Lipinski definition) is 1. The highest BCUT2D eigenvalue weighted by Crippen LogP contribution is 2.30. The Morgan fingerprint density at radius 3 is 2.91 bits per heavy atom. The average Bonchev–Trinajstić information content (AvgIpc) is 3.05. The first kappa shape index (κ1) is 16.0. The smallest absolute Gasteiger partial charge is 0.233 e. The van der Waals surface area contributed by atoms with Crippen LogP contribution in [0.4, 0.5) is 0 Å². The molecule has 0 radical (unpaired) electrons. The van der Waals surface area contributed by atoms with Gasteiger partial charge < -0.3 is 5.32 Å². The molecule has 0 saturated carbocycles. The van der Waals surface area contributed by atoms with E-state index in [2.05, 4.69) is 27.4 Å². The van der Waals surface area contributed by atoms with Gasteiger partial charge in [-0.25, -0.2) is 9.97 Å². The number of fused-ring (bicyclic) bond motifs is 1. The molecule has 118 valence electrons. The molecule has 3 rings (SSSR count). The number of thioether (sulfide) groups is 1. The molecule has 6 heteroatoms. The van der Waals surface area contributed by atoms with Crippen LogP contribution >= 0.6 is 23.1 Å². The maximum absolute atomic E-state index is 12.2. The summed E-state index contributed by atoms with van der Waals surface area (Å²) in [7, 11) is 0. The quantitative estimate of drug-likeness (QED) is 0.549. The fraction of sp³-hybridized carbons (Fsp3) is 0.235. The highest BCUT2D eigenvalue weighted by molar-refractivity contribution is 8.00. The molecule has 2 heterocycles. The van der Waals surface area contributed by atoms with Crippen molar-refractivity contribution in [3.8, 4) is 0 Å². The third kappa shape index (κ3) is 4.09. The van der Waals surface area contributed by atoms with E-state index in [-0.39, 0.29) is 11.2 Å². The Labute approximate surface area is 143 Å². The molecule has 23 heavy (non-hydrogen) atoms. The Hall–Kier alpha value is -1.92. The molecule has 1 N–H and O–H groups in total. The first-order valence-corrected chi connectivity index (χ1v) is 9.16. The first-order chi connectivity index (χ1) is 11.2. The zero-order valence-electron chi connectivity index (χ0n) is 12.7. The molecule has 4 nitrogen and oxygen atoms in total. The van der Waals surface area contributed by atoms with Crippen LogP contribution < -0.4 is 5.32 Å². The number of nitrogens with one attached hydrogen (secondary N) is 1. The summed E-state index contributed by atoms with van der Waals surface area (Å²) in [6.45, 7) is 2.55. The zero-order chi connectivity index (χ0) is 16.1. The highest BCUT2D eigenvalue weighted by atomic mass is 32.2. The third-order valence-electron chi connectivity index (χ3n) is 3.44. The summed E-state index contributed by atoms with van der Waals surface area (Å²) in [6.07, 6.45) is 2.40. The van der Waals surface area contributed by atoms with Gasteiger partial charge in [0, 0.05) is 11.9 Å². The molecular weight excluding hydrogens is 326 g/mol. The molecule has 3 aromatic rings. The predicted octanol–water partition coefficient (Wildman–Crippen LogP) is 3.53. The lowest BCUT2D eigenvalue weighted by Gasteiger charge is -2.12. The third-order valence-corrected chi connectivity index (χ3v) is 5.38. The minimum absolute atomic E-state index is 0.0351. The van der Waals surface area contributed by atoms with Gasteiger partial charge in [0.25, 0.3) is 0 Å². The van der Waals surface area contributed by atoms with Crippen LogP contribution in [0.25, 0.3) is 10.2 Å². The van der Waals surface area contributed by atoms with Crippen LogP contribution in [-0.4, -0.2) is 27.7 Å². The maximum Gasteiger partial charge on any atom is 0.233 e. The molecule has 0 bridgehead atoms. The number of thiophene rings is 1. The van der Waals surface area contributed by atoms with Crippen LogP contribution in [0, 0.1) is 0 Å². The van der Waals surface area contributed by atoms with Crippen LogP contribution in [0.3, 0.4) is 0 Å². The Kier molecular flexibility index (Phi) is 5.25. The second-order valence-corrected chi connectivity index (χ2v) is 7.33. The van der Waals surface area contributed by atoms with Crippen LogP contribution in [0.15, 0.2) is 53.1 Å². The Balaban J connectivity index is 1.54. The van der Waals surface area contributed by atoms with Gasteiger partial charge in [-0.3, -0.25) is 4.79 Å². The molecule has 1 aromatic carbocycles. The van der Waals surface area contributed by atoms with Crippen molar-refractivity contribution in [3.05, 3.63) is 53.7 Å². The molecule has 0 fully saturated rings. The summed E-state index contributed by atoms with van der Waals surface area (Å²) in [4.78, 5) is 21.7. The van der Waals surface area contributed by atoms with E-state index in [0.29, 0.717) is 6.54 Å². The number of aromatic nitrogens is 2. The summed E-state index contributed by atoms with van der Waals surface area (Å²) in [5.74, 6) is 0.0351. The van der Waals surface area contributed by atoms with Crippen LogP contribution in [0.1, 0.15) is 12.5 Å². The van der Waals surface area contributed by atoms with Crippen molar-refractivity contribution in [2.24, 2.45) is 0 Å². The van der Waals surface area contributed by atoms with Crippen molar-refractivity contribution >= 4 is 39.2 Å². The van der Waals surface area contributed by atoms with Crippen molar-refractivity contribution in [3.63, 3.8) is 0 Å². The van der Waals surface area contributed by atoms with Gasteiger partial charge in [0.05, 0.1) is 5.25 Å². The highest BCUT2D eigenvalue weighted by Gasteiger charge is 2.16. The molecule has 0 saturated heterocycles. The van der Waals surface area contributed by atoms with E-state index in [1.54, 1.807) is 17.7 Å². The van der Waals surface area contributed by atoms with E-state index in [9.17, 15) is 4.79 Å². The maximum atomic E-state index is 12.2. The number of carbonyl (C=O) groups excluding carboxylic acids is 1. The number of rotatable bonds is 6. The van der Waals surface area contributed by atoms with E-state index in [4.69, 9.17) is 0 Å². The van der Waals surface area contributed by atoms with Crippen molar-refractivity contribution in [1.82, 2.24) is 15.3 Å². The van der Waals surface area contributed by atoms with Crippen molar-refractivity contribution in [2.45, 2.75) is 23.6 Å². The van der Waals surface area contributed by atoms with Crippen LogP contribution in [0.2, 0.25) is 0 Å². The molecule has 0 unspecified atom stereocenters. The van der Waals surface area contributed by atoms with Gasteiger partial charge in [0.1, 0.15) is 16.2 Å². The van der Waals surface area contributed by atoms with E-state index >= 15 is 0 Å². The van der Waals surface area contributed by atoms with Crippen molar-refractivity contribution in [2.75, 3.05) is 6.54 Å². The van der Waals surface area contributed by atoms with E-state index in [1.165, 1.54) is 17.3 Å². The fourth-order valence-electron chi connectivity index (χ4n) is 2.20. The van der Waals surface area contributed by atoms with Crippen LogP contribution in [0.5, 0.6) is 0 Å². The predicted molar refractivity (Wildman–Crippen MR) is 95.9 cm³/mol. The minimum Gasteiger partial charge on any atom is -0.355 e. The molecule has 0 aliphatic rings. The van der Waals surface area contributed by atoms with Crippen molar-refractivity contribution in [1.29, 1.82) is 0 Å². The van der Waals surface area contributed by atoms with Crippen LogP contribution in [-0.2, 0) is 11.2 Å². The summed E-state index contributed by atoms with van der Waals surface area (Å²) in [6, 6.07) is 12.2. The number of carbonyl (C=O) groups is 1. The van der Waals surface area contributed by atoms with Gasteiger partial charge >= 0.3 is 0 Å². The molecule has 1 amide bonds. The van der Waals surface area contributed by atoms with E-state index < -0.39 is 0 Å². The van der Waals surface area contributed by atoms with Crippen molar-refractivity contribution < 1.29 is 4.79 Å². The number of nitrogens with zero attached hydrogens (tertiary/aromatic N) is 2. The summed E-state index contributed by atoms with van der Waals surface area (Å²) >= 11 is 3.06. The largest absolute Gasteiger partial charge is 0.355 e. The Morgan fingerprint density at radius 1 is 1.26 bits per heavy atom. The van der Waals surface area contributed by atoms with Gasteiger partial charge in [0.15, 0.2) is 0 Å². The number of hydrogen-bond acceptors (Lipinski definition) is 5. The number of benzene rings is 1. The lowest BCUT2D eigenvalue weighted by atomic mass is 10.1. The molecule has 1 atom stereocenters. The normalized spacial score (nSPS) is 12.2. The minimum atomic E-state index is -0.191. The molecule has 2 aromatic heterocycles. The van der Waals surface area contributed by atoms with E-state index in [0.717, 1.165) is 21.7 Å². The molecule has 0 spiro atoms. The zero-order valence-corrected chi connectivity index (χ0v) is 14.4. The summed E-state index contributed by atoms with van der Waals surface area (Å²) < 4.78 is 0. The van der Waals surface area contributed by atoms with Gasteiger partial charge in [-0.1, -0.05) is 42.1 Å². The summed E-state index contributed by atoms with van der Waals surface area (Å²) in [5.41, 5.74) is 1.23. The fourth-order valence-corrected chi connectivity index (χ4v) is 3.92. The SMILES string of the molecule is C[C@H](Sc1ncnc2sccc12)C(=O)NCCc1ccccc1.